The van der Waals surface area contributed by atoms with Gasteiger partial charge in [0, 0.05) is 64.8 Å². The normalized spacial score (nSPS) is 27.1. The average molecular weight is 376 g/mol. The number of pyridine rings is 1. The topological polar surface area (TPSA) is 76.2 Å². The molecular formula is C19H28N4O4. The van der Waals surface area contributed by atoms with E-state index in [9.17, 15) is 4.79 Å². The van der Waals surface area contributed by atoms with Crippen LogP contribution in [0.1, 0.15) is 30.4 Å². The van der Waals surface area contributed by atoms with Gasteiger partial charge in [-0.2, -0.15) is 0 Å². The molecule has 8 heteroatoms. The Labute approximate surface area is 159 Å². The fraction of sp³-hybridized carbons (Fsp3) is 0.684. The highest BCUT2D eigenvalue weighted by molar-refractivity contribution is 5.77. The Hall–Kier alpha value is -1.74. The molecule has 8 nitrogen and oxygen atoms in total. The first-order valence-electron chi connectivity index (χ1n) is 9.48. The van der Waals surface area contributed by atoms with Crippen LogP contribution >= 0.6 is 0 Å². The molecule has 27 heavy (non-hydrogen) atoms. The second-order valence-corrected chi connectivity index (χ2v) is 7.65. The van der Waals surface area contributed by atoms with Crippen LogP contribution in [0.2, 0.25) is 0 Å². The van der Waals surface area contributed by atoms with Crippen molar-refractivity contribution in [3.05, 3.63) is 23.4 Å². The zero-order chi connectivity index (χ0) is 19.0. The Bertz CT molecular complexity index is 695. The predicted octanol–water partition coefficient (Wildman–Crippen LogP) is 0.947. The summed E-state index contributed by atoms with van der Waals surface area (Å²) in [5, 5.41) is 3.45. The largest absolute Gasteiger partial charge is 0.367 e. The maximum Gasteiger partial charge on any atom is 0.248 e. The molecule has 1 aromatic heterocycles. The maximum absolute atomic E-state index is 12.6. The number of rotatable bonds is 6. The molecule has 1 saturated carbocycles. The molecule has 3 aliphatic heterocycles. The third kappa shape index (κ3) is 3.42. The molecule has 1 amide bonds. The Morgan fingerprint density at radius 2 is 1.96 bits per heavy atom. The number of anilines is 1. The van der Waals surface area contributed by atoms with Crippen LogP contribution in [0.5, 0.6) is 0 Å². The van der Waals surface area contributed by atoms with Gasteiger partial charge in [-0.3, -0.25) is 4.79 Å². The molecule has 4 aliphatic rings. The predicted molar refractivity (Wildman–Crippen MR) is 99.3 cm³/mol. The van der Waals surface area contributed by atoms with E-state index >= 15 is 0 Å². The number of nitrogens with one attached hydrogen (secondary N) is 1. The summed E-state index contributed by atoms with van der Waals surface area (Å²) in [6, 6.07) is 4.26. The van der Waals surface area contributed by atoms with E-state index in [0.29, 0.717) is 6.04 Å². The summed E-state index contributed by atoms with van der Waals surface area (Å²) in [6.45, 7) is 3.49. The van der Waals surface area contributed by atoms with Gasteiger partial charge < -0.3 is 29.3 Å². The summed E-state index contributed by atoms with van der Waals surface area (Å²) < 4.78 is 16.8. The fourth-order valence-corrected chi connectivity index (χ4v) is 4.22. The molecule has 4 heterocycles. The lowest BCUT2D eigenvalue weighted by Gasteiger charge is -2.52. The van der Waals surface area contributed by atoms with Crippen LogP contribution in [0.15, 0.2) is 12.1 Å². The van der Waals surface area contributed by atoms with E-state index < -0.39 is 11.9 Å². The molecule has 1 aliphatic carbocycles. The molecule has 1 aromatic rings. The molecule has 1 saturated heterocycles. The van der Waals surface area contributed by atoms with Crippen molar-refractivity contribution in [1.29, 1.82) is 0 Å². The molecule has 1 N–H and O–H groups in total. The van der Waals surface area contributed by atoms with Gasteiger partial charge in [-0.25, -0.2) is 4.98 Å². The van der Waals surface area contributed by atoms with Gasteiger partial charge in [0.2, 0.25) is 12.2 Å². The number of methoxy groups -OCH3 is 2. The number of carbonyl (C=O) groups excluding carboxylic acids is 1. The van der Waals surface area contributed by atoms with Crippen LogP contribution in [-0.4, -0.2) is 80.8 Å². The zero-order valence-electron chi connectivity index (χ0n) is 16.2. The summed E-state index contributed by atoms with van der Waals surface area (Å²) in [7, 11) is 5.26. The quantitative estimate of drug-likeness (QED) is 0.741. The van der Waals surface area contributed by atoms with Crippen LogP contribution in [-0.2, 0) is 24.6 Å². The molecule has 5 rings (SSSR count). The first-order chi connectivity index (χ1) is 13.0. The average Bonchev–Trinajstić information content (AvgIpc) is 2.66. The number of hydrogen-bond donors (Lipinski definition) is 1. The van der Waals surface area contributed by atoms with Gasteiger partial charge >= 0.3 is 0 Å². The van der Waals surface area contributed by atoms with Gasteiger partial charge in [0.25, 0.3) is 0 Å². The number of carbonyl (C=O) groups is 1. The van der Waals surface area contributed by atoms with E-state index in [0.717, 1.165) is 56.1 Å². The van der Waals surface area contributed by atoms with Crippen molar-refractivity contribution >= 4 is 11.7 Å². The van der Waals surface area contributed by atoms with Gasteiger partial charge in [-0.1, -0.05) is 6.07 Å². The highest BCUT2D eigenvalue weighted by Crippen LogP contribution is 2.52. The molecule has 0 atom stereocenters. The Balaban J connectivity index is 1.45. The van der Waals surface area contributed by atoms with Crippen molar-refractivity contribution in [3.8, 4) is 0 Å². The lowest BCUT2D eigenvalue weighted by molar-refractivity contribution is -0.157. The molecule has 148 valence electrons. The highest BCUT2D eigenvalue weighted by atomic mass is 16.7. The Morgan fingerprint density at radius 3 is 2.63 bits per heavy atom. The van der Waals surface area contributed by atoms with Crippen LogP contribution in [0.3, 0.4) is 0 Å². The van der Waals surface area contributed by atoms with Gasteiger partial charge in [0.05, 0.1) is 5.69 Å². The molecule has 2 bridgehead atoms. The lowest BCUT2D eigenvalue weighted by Crippen LogP contribution is -2.56. The van der Waals surface area contributed by atoms with E-state index in [1.807, 2.05) is 17.0 Å². The van der Waals surface area contributed by atoms with Gasteiger partial charge in [0.15, 0.2) is 0 Å². The number of ether oxygens (including phenoxy) is 3. The molecule has 0 spiro atoms. The number of piperazine rings is 1. The van der Waals surface area contributed by atoms with Crippen molar-refractivity contribution in [3.63, 3.8) is 0 Å². The van der Waals surface area contributed by atoms with E-state index in [2.05, 4.69) is 22.2 Å². The highest BCUT2D eigenvalue weighted by Gasteiger charge is 2.52. The fourth-order valence-electron chi connectivity index (χ4n) is 4.22. The Morgan fingerprint density at radius 1 is 1.26 bits per heavy atom. The van der Waals surface area contributed by atoms with Crippen molar-refractivity contribution in [1.82, 2.24) is 14.8 Å². The van der Waals surface area contributed by atoms with Gasteiger partial charge in [-0.15, -0.1) is 0 Å². The number of likely N-dealkylation sites (N-methyl/N-ethyl adjacent to an activating group) is 1. The third-order valence-electron chi connectivity index (χ3n) is 5.90. The standard InChI is InChI=1S/C19H28N4O4/c1-22-6-8-23(9-7-22)16(24)12-27-19-10-13(11-19)20-17-14(19)4-5-15(21-17)18(25-2)26-3/h4-5,13,18H,6-12H2,1-3H3,(H,20,21). The summed E-state index contributed by atoms with van der Waals surface area (Å²) in [4.78, 5) is 21.4. The number of aromatic nitrogens is 1. The van der Waals surface area contributed by atoms with E-state index in [4.69, 9.17) is 14.2 Å². The molecule has 2 fully saturated rings. The first-order valence-corrected chi connectivity index (χ1v) is 9.48. The lowest BCUT2D eigenvalue weighted by atomic mass is 9.68. The van der Waals surface area contributed by atoms with Gasteiger partial charge in [-0.05, 0) is 13.1 Å². The van der Waals surface area contributed by atoms with Crippen molar-refractivity contribution < 1.29 is 19.0 Å². The SMILES string of the molecule is COC(OC)c1ccc2c(n1)NC1CC2(OCC(=O)N2CCN(C)CC2)C1. The van der Waals surface area contributed by atoms with Crippen LogP contribution < -0.4 is 5.32 Å². The number of nitrogens with zero attached hydrogens (tertiary/aromatic N) is 3. The third-order valence-corrected chi connectivity index (χ3v) is 5.90. The second kappa shape index (κ2) is 7.35. The minimum Gasteiger partial charge on any atom is -0.367 e. The first kappa shape index (κ1) is 18.6. The van der Waals surface area contributed by atoms with E-state index in [-0.39, 0.29) is 12.5 Å². The molecule has 0 unspecified atom stereocenters. The summed E-state index contributed by atoms with van der Waals surface area (Å²) >= 11 is 0. The van der Waals surface area contributed by atoms with Crippen LogP contribution in [0.25, 0.3) is 0 Å². The van der Waals surface area contributed by atoms with E-state index in [1.54, 1.807) is 14.2 Å². The van der Waals surface area contributed by atoms with Crippen LogP contribution in [0.4, 0.5) is 5.82 Å². The number of hydrogen-bond acceptors (Lipinski definition) is 7. The Kier molecular flexibility index (Phi) is 5.07. The molecule has 0 aromatic carbocycles. The minimum atomic E-state index is -0.494. The molecule has 0 radical (unpaired) electrons. The van der Waals surface area contributed by atoms with Crippen molar-refractivity contribution in [2.24, 2.45) is 0 Å². The number of amides is 1. The summed E-state index contributed by atoms with van der Waals surface area (Å²) in [5.41, 5.74) is 1.33. The van der Waals surface area contributed by atoms with Crippen molar-refractivity contribution in [2.45, 2.75) is 30.8 Å². The summed E-state index contributed by atoms with van der Waals surface area (Å²) in [5.74, 6) is 0.880. The van der Waals surface area contributed by atoms with Gasteiger partial charge in [0.1, 0.15) is 18.0 Å². The maximum atomic E-state index is 12.6. The second-order valence-electron chi connectivity index (χ2n) is 7.65. The zero-order valence-corrected chi connectivity index (χ0v) is 16.2. The summed E-state index contributed by atoms with van der Waals surface area (Å²) in [6.07, 6.45) is 1.25. The van der Waals surface area contributed by atoms with Crippen LogP contribution in [0, 0.1) is 0 Å². The molecular weight excluding hydrogens is 348 g/mol. The van der Waals surface area contributed by atoms with Crippen molar-refractivity contribution in [2.75, 3.05) is 59.4 Å². The monoisotopic (exact) mass is 376 g/mol. The smallest absolute Gasteiger partial charge is 0.248 e. The minimum absolute atomic E-state index is 0.0735. The van der Waals surface area contributed by atoms with E-state index in [1.165, 1.54) is 0 Å².